The van der Waals surface area contributed by atoms with Gasteiger partial charge >= 0.3 is 0 Å². The van der Waals surface area contributed by atoms with Gasteiger partial charge in [0.15, 0.2) is 0 Å². The van der Waals surface area contributed by atoms with Crippen molar-refractivity contribution < 1.29 is 8.42 Å². The highest BCUT2D eigenvalue weighted by atomic mass is 32.2. The van der Waals surface area contributed by atoms with Crippen LogP contribution in [0.1, 0.15) is 27.2 Å². The summed E-state index contributed by atoms with van der Waals surface area (Å²) in [4.78, 5) is 0. The lowest BCUT2D eigenvalue weighted by atomic mass is 9.91. The normalized spacial score (nSPS) is 22.4. The molecule has 0 saturated carbocycles. The first-order chi connectivity index (χ1) is 6.29. The summed E-state index contributed by atoms with van der Waals surface area (Å²) in [5, 5.41) is 0. The molecule has 5 nitrogen and oxygen atoms in total. The smallest absolute Gasteiger partial charge is 0.279 e. The van der Waals surface area contributed by atoms with Gasteiger partial charge in [0, 0.05) is 24.7 Å². The van der Waals surface area contributed by atoms with Crippen LogP contribution in [0, 0.1) is 0 Å². The van der Waals surface area contributed by atoms with Crippen molar-refractivity contribution >= 4 is 10.2 Å². The van der Waals surface area contributed by atoms with Gasteiger partial charge in [-0.05, 0) is 20.3 Å². The highest BCUT2D eigenvalue weighted by molar-refractivity contribution is 7.87. The second-order valence-corrected chi connectivity index (χ2v) is 5.96. The molecule has 0 atom stereocenters. The molecule has 1 aliphatic heterocycles. The van der Waals surface area contributed by atoms with Gasteiger partial charge in [-0.3, -0.25) is 0 Å². The van der Waals surface area contributed by atoms with Gasteiger partial charge in [0.2, 0.25) is 0 Å². The van der Waals surface area contributed by atoms with Crippen LogP contribution in [0.3, 0.4) is 0 Å². The Morgan fingerprint density at radius 1 is 1.50 bits per heavy atom. The van der Waals surface area contributed by atoms with E-state index in [1.165, 1.54) is 4.31 Å². The number of nitrogens with zero attached hydrogens (tertiary/aromatic N) is 1. The Bertz CT molecular complexity index is 294. The highest BCUT2D eigenvalue weighted by Crippen LogP contribution is 2.23. The summed E-state index contributed by atoms with van der Waals surface area (Å²) >= 11 is 0. The lowest BCUT2D eigenvalue weighted by Gasteiger charge is -2.46. The van der Waals surface area contributed by atoms with Gasteiger partial charge in [-0.2, -0.15) is 17.4 Å². The van der Waals surface area contributed by atoms with Gasteiger partial charge in [0.25, 0.3) is 10.2 Å². The third kappa shape index (κ3) is 2.44. The van der Waals surface area contributed by atoms with Crippen LogP contribution in [0.5, 0.6) is 0 Å². The Balaban J connectivity index is 2.54. The van der Waals surface area contributed by atoms with Crippen molar-refractivity contribution in [2.75, 3.05) is 13.1 Å². The zero-order valence-corrected chi connectivity index (χ0v) is 9.76. The molecule has 14 heavy (non-hydrogen) atoms. The fourth-order valence-corrected chi connectivity index (χ4v) is 3.02. The Morgan fingerprint density at radius 3 is 2.36 bits per heavy atom. The predicted octanol–water partition coefficient (Wildman–Crippen LogP) is -0.348. The molecule has 0 aromatic heterocycles. The lowest BCUT2D eigenvalue weighted by molar-refractivity contribution is 0.151. The molecule has 6 heteroatoms. The Morgan fingerprint density at radius 2 is 2.00 bits per heavy atom. The molecule has 1 rings (SSSR count). The first kappa shape index (κ1) is 11.9. The largest absolute Gasteiger partial charge is 0.323 e. The van der Waals surface area contributed by atoms with E-state index in [2.05, 4.69) is 4.72 Å². The third-order valence-corrected chi connectivity index (χ3v) is 4.12. The van der Waals surface area contributed by atoms with E-state index in [-0.39, 0.29) is 11.6 Å². The second-order valence-electron chi connectivity index (χ2n) is 4.26. The van der Waals surface area contributed by atoms with Gasteiger partial charge in [-0.15, -0.1) is 0 Å². The number of rotatable bonds is 4. The van der Waals surface area contributed by atoms with Crippen LogP contribution in [-0.4, -0.2) is 37.4 Å². The molecule has 1 aliphatic rings. The Kier molecular flexibility index (Phi) is 3.20. The van der Waals surface area contributed by atoms with E-state index in [0.717, 1.165) is 6.42 Å². The molecule has 84 valence electrons. The number of hydrogen-bond acceptors (Lipinski definition) is 3. The summed E-state index contributed by atoms with van der Waals surface area (Å²) in [7, 11) is -3.30. The SMILES string of the molecule is CCC1(N)CN(S(=O)(=O)NC(C)C)C1. The summed E-state index contributed by atoms with van der Waals surface area (Å²) in [6.07, 6.45) is 0.806. The number of hydrogen-bond donors (Lipinski definition) is 2. The maximum absolute atomic E-state index is 11.6. The molecule has 0 aromatic rings. The van der Waals surface area contributed by atoms with Crippen LogP contribution in [-0.2, 0) is 10.2 Å². The van der Waals surface area contributed by atoms with E-state index >= 15 is 0 Å². The molecule has 0 unspecified atom stereocenters. The first-order valence-corrected chi connectivity index (χ1v) is 6.29. The quantitative estimate of drug-likeness (QED) is 0.681. The van der Waals surface area contributed by atoms with Crippen LogP contribution >= 0.6 is 0 Å². The fourth-order valence-electron chi connectivity index (χ4n) is 1.42. The zero-order chi connectivity index (χ0) is 11.0. The van der Waals surface area contributed by atoms with Gasteiger partial charge in [-0.1, -0.05) is 6.92 Å². The van der Waals surface area contributed by atoms with E-state index in [1.807, 2.05) is 6.92 Å². The van der Waals surface area contributed by atoms with Crippen LogP contribution < -0.4 is 10.5 Å². The maximum atomic E-state index is 11.6. The van der Waals surface area contributed by atoms with Gasteiger partial charge in [-0.25, -0.2) is 0 Å². The van der Waals surface area contributed by atoms with Gasteiger partial charge in [0.1, 0.15) is 0 Å². The molecule has 0 aliphatic carbocycles. The van der Waals surface area contributed by atoms with Crippen LogP contribution in [0.25, 0.3) is 0 Å². The van der Waals surface area contributed by atoms with Crippen molar-refractivity contribution in [3.8, 4) is 0 Å². The van der Waals surface area contributed by atoms with Crippen molar-refractivity contribution in [2.45, 2.75) is 38.8 Å². The minimum absolute atomic E-state index is 0.0746. The average molecular weight is 221 g/mol. The summed E-state index contributed by atoms with van der Waals surface area (Å²) < 4.78 is 27.1. The monoisotopic (exact) mass is 221 g/mol. The van der Waals surface area contributed by atoms with Crippen molar-refractivity contribution in [2.24, 2.45) is 5.73 Å². The summed E-state index contributed by atoms with van der Waals surface area (Å²) in [6.45, 7) is 6.41. The molecule has 1 heterocycles. The Hall–Kier alpha value is -0.170. The number of nitrogens with one attached hydrogen (secondary N) is 1. The molecule has 3 N–H and O–H groups in total. The fraction of sp³-hybridized carbons (Fsp3) is 1.00. The topological polar surface area (TPSA) is 75.4 Å². The van der Waals surface area contributed by atoms with Crippen molar-refractivity contribution in [1.29, 1.82) is 0 Å². The number of nitrogens with two attached hydrogens (primary N) is 1. The van der Waals surface area contributed by atoms with Crippen LogP contribution in [0.4, 0.5) is 0 Å². The average Bonchev–Trinajstić information content (AvgIpc) is 1.96. The standard InChI is InChI=1S/C8H19N3O2S/c1-4-8(9)5-11(6-8)14(12,13)10-7(2)3/h7,10H,4-6,9H2,1-3H3. The van der Waals surface area contributed by atoms with Crippen LogP contribution in [0.2, 0.25) is 0 Å². The second kappa shape index (κ2) is 3.77. The predicted molar refractivity (Wildman–Crippen MR) is 56.0 cm³/mol. The molecule has 0 aromatic carbocycles. The zero-order valence-electron chi connectivity index (χ0n) is 8.95. The molecule has 0 spiro atoms. The van der Waals surface area contributed by atoms with Crippen molar-refractivity contribution in [3.63, 3.8) is 0 Å². The molecular weight excluding hydrogens is 202 g/mol. The third-order valence-electron chi connectivity index (χ3n) is 2.41. The summed E-state index contributed by atoms with van der Waals surface area (Å²) in [5.41, 5.74) is 5.57. The molecule has 1 saturated heterocycles. The minimum Gasteiger partial charge on any atom is -0.323 e. The van der Waals surface area contributed by atoms with Gasteiger partial charge in [0.05, 0.1) is 0 Å². The molecule has 0 radical (unpaired) electrons. The Labute approximate surface area is 85.8 Å². The first-order valence-electron chi connectivity index (χ1n) is 4.85. The van der Waals surface area contributed by atoms with E-state index in [9.17, 15) is 8.42 Å². The molecule has 0 amide bonds. The summed E-state index contributed by atoms with van der Waals surface area (Å²) in [5.74, 6) is 0. The maximum Gasteiger partial charge on any atom is 0.279 e. The highest BCUT2D eigenvalue weighted by Gasteiger charge is 2.44. The molecular formula is C8H19N3O2S. The van der Waals surface area contributed by atoms with E-state index < -0.39 is 10.2 Å². The van der Waals surface area contributed by atoms with Crippen LogP contribution in [0.15, 0.2) is 0 Å². The van der Waals surface area contributed by atoms with E-state index in [4.69, 9.17) is 5.73 Å². The molecule has 0 bridgehead atoms. The van der Waals surface area contributed by atoms with Gasteiger partial charge < -0.3 is 5.73 Å². The summed E-state index contributed by atoms with van der Waals surface area (Å²) in [6, 6.07) is -0.0746. The van der Waals surface area contributed by atoms with Crippen molar-refractivity contribution in [1.82, 2.24) is 9.03 Å². The van der Waals surface area contributed by atoms with Crippen molar-refractivity contribution in [3.05, 3.63) is 0 Å². The van der Waals surface area contributed by atoms with E-state index in [0.29, 0.717) is 13.1 Å². The lowest BCUT2D eigenvalue weighted by Crippen LogP contribution is -2.69. The van der Waals surface area contributed by atoms with E-state index in [1.54, 1.807) is 13.8 Å². The minimum atomic E-state index is -3.30. The molecule has 1 fully saturated rings.